The van der Waals surface area contributed by atoms with E-state index in [0.717, 1.165) is 34.2 Å². The minimum atomic E-state index is -4.39. The maximum Gasteiger partial charge on any atom is 0.268 e. The van der Waals surface area contributed by atoms with Gasteiger partial charge in [-0.3, -0.25) is 4.79 Å². The molecule has 4 rings (SSSR count). The number of carbonyl (C=O) groups excluding carboxylic acids is 1. The van der Waals surface area contributed by atoms with Gasteiger partial charge in [-0.15, -0.1) is 0 Å². The number of aromatic amines is 1. The molecule has 0 radical (unpaired) electrons. The van der Waals surface area contributed by atoms with Crippen molar-refractivity contribution in [3.05, 3.63) is 95.4 Å². The predicted molar refractivity (Wildman–Crippen MR) is 115 cm³/mol. The van der Waals surface area contributed by atoms with Crippen molar-refractivity contribution in [3.63, 3.8) is 0 Å². The van der Waals surface area contributed by atoms with Gasteiger partial charge in [0, 0.05) is 17.1 Å². The molecule has 1 heterocycles. The van der Waals surface area contributed by atoms with E-state index in [1.54, 1.807) is 12.1 Å². The predicted octanol–water partition coefficient (Wildman–Crippen LogP) is 4.03. The molecule has 0 aliphatic heterocycles. The number of sulfonamides is 1. The van der Waals surface area contributed by atoms with Crippen molar-refractivity contribution in [1.82, 2.24) is 9.71 Å². The van der Waals surface area contributed by atoms with E-state index in [9.17, 15) is 17.6 Å². The zero-order valence-corrected chi connectivity index (χ0v) is 17.4. The molecule has 158 valence electrons. The summed E-state index contributed by atoms with van der Waals surface area (Å²) in [5.74, 6) is -1.63. The van der Waals surface area contributed by atoms with Crippen LogP contribution in [0.3, 0.4) is 0 Å². The van der Waals surface area contributed by atoms with Crippen molar-refractivity contribution >= 4 is 26.8 Å². The topological polar surface area (TPSA) is 88.3 Å². The van der Waals surface area contributed by atoms with Gasteiger partial charge in [-0.1, -0.05) is 36.4 Å². The fourth-order valence-electron chi connectivity index (χ4n) is 3.43. The Balaban J connectivity index is 1.64. The second-order valence-corrected chi connectivity index (χ2v) is 8.59. The van der Waals surface area contributed by atoms with Crippen LogP contribution in [0.2, 0.25) is 0 Å². The number of ether oxygens (including phenoxy) is 1. The number of nitrogens with one attached hydrogen (secondary N) is 2. The molecule has 31 heavy (non-hydrogen) atoms. The van der Waals surface area contributed by atoms with Gasteiger partial charge in [-0.2, -0.15) is 0 Å². The summed E-state index contributed by atoms with van der Waals surface area (Å²) in [6, 6.07) is 17.7. The van der Waals surface area contributed by atoms with Crippen LogP contribution in [0.15, 0.2) is 77.8 Å². The first-order valence-corrected chi connectivity index (χ1v) is 10.9. The minimum Gasteiger partial charge on any atom is -0.496 e. The quantitative estimate of drug-likeness (QED) is 0.476. The SMILES string of the molecule is COc1ccc(Cc2c[nH]c3ccccc23)cc1C(=O)NS(=O)(=O)c1ccccc1F. The fourth-order valence-corrected chi connectivity index (χ4v) is 4.48. The van der Waals surface area contributed by atoms with Crippen LogP contribution in [-0.2, 0) is 16.4 Å². The van der Waals surface area contributed by atoms with Gasteiger partial charge in [-0.25, -0.2) is 17.5 Å². The van der Waals surface area contributed by atoms with Gasteiger partial charge in [0.2, 0.25) is 0 Å². The van der Waals surface area contributed by atoms with Gasteiger partial charge in [0.05, 0.1) is 12.7 Å². The van der Waals surface area contributed by atoms with Crippen LogP contribution in [0.4, 0.5) is 4.39 Å². The Morgan fingerprint density at radius 1 is 1.06 bits per heavy atom. The minimum absolute atomic E-state index is 0.0414. The van der Waals surface area contributed by atoms with Crippen LogP contribution in [0.25, 0.3) is 10.9 Å². The van der Waals surface area contributed by atoms with E-state index in [1.807, 2.05) is 41.3 Å². The van der Waals surface area contributed by atoms with E-state index in [1.165, 1.54) is 19.2 Å². The van der Waals surface area contributed by atoms with Crippen LogP contribution in [-0.4, -0.2) is 26.4 Å². The normalized spacial score (nSPS) is 11.4. The van der Waals surface area contributed by atoms with E-state index in [0.29, 0.717) is 6.42 Å². The third kappa shape index (κ3) is 4.15. The maximum atomic E-state index is 13.9. The molecule has 1 aromatic heterocycles. The highest BCUT2D eigenvalue weighted by Gasteiger charge is 2.24. The number of H-pyrrole nitrogens is 1. The van der Waals surface area contributed by atoms with E-state index < -0.39 is 26.6 Å². The molecule has 6 nitrogen and oxygen atoms in total. The summed E-state index contributed by atoms with van der Waals surface area (Å²) in [6.07, 6.45) is 2.42. The van der Waals surface area contributed by atoms with Crippen molar-refractivity contribution in [2.75, 3.05) is 7.11 Å². The van der Waals surface area contributed by atoms with Gasteiger partial charge >= 0.3 is 0 Å². The zero-order valence-electron chi connectivity index (χ0n) is 16.6. The number of methoxy groups -OCH3 is 1. The number of benzene rings is 3. The molecule has 0 bridgehead atoms. The smallest absolute Gasteiger partial charge is 0.268 e. The molecule has 4 aromatic rings. The molecule has 0 atom stereocenters. The van der Waals surface area contributed by atoms with E-state index >= 15 is 0 Å². The highest BCUT2D eigenvalue weighted by atomic mass is 32.2. The molecular weight excluding hydrogens is 419 g/mol. The molecule has 0 aliphatic carbocycles. The highest BCUT2D eigenvalue weighted by Crippen LogP contribution is 2.25. The summed E-state index contributed by atoms with van der Waals surface area (Å²) >= 11 is 0. The maximum absolute atomic E-state index is 13.9. The number of hydrogen-bond donors (Lipinski definition) is 2. The van der Waals surface area contributed by atoms with Crippen molar-refractivity contribution in [1.29, 1.82) is 0 Å². The van der Waals surface area contributed by atoms with Crippen molar-refractivity contribution in [2.45, 2.75) is 11.3 Å². The van der Waals surface area contributed by atoms with Crippen molar-refractivity contribution in [2.24, 2.45) is 0 Å². The Kier molecular flexibility index (Phi) is 5.48. The molecule has 2 N–H and O–H groups in total. The van der Waals surface area contributed by atoms with Gasteiger partial charge < -0.3 is 9.72 Å². The first kappa shape index (κ1) is 20.6. The van der Waals surface area contributed by atoms with Crippen LogP contribution < -0.4 is 9.46 Å². The molecule has 0 spiro atoms. The summed E-state index contributed by atoms with van der Waals surface area (Å²) in [6.45, 7) is 0. The second kappa shape index (κ2) is 8.23. The Labute approximate surface area is 178 Å². The van der Waals surface area contributed by atoms with E-state index in [2.05, 4.69) is 4.98 Å². The number of halogens is 1. The largest absolute Gasteiger partial charge is 0.496 e. The summed E-state index contributed by atoms with van der Waals surface area (Å²) < 4.78 is 46.1. The Morgan fingerprint density at radius 2 is 1.81 bits per heavy atom. The number of para-hydroxylation sites is 1. The lowest BCUT2D eigenvalue weighted by Crippen LogP contribution is -2.31. The molecule has 0 saturated heterocycles. The molecule has 1 amide bonds. The Hall–Kier alpha value is -3.65. The molecular formula is C23H19FN2O4S. The third-order valence-corrected chi connectivity index (χ3v) is 6.30. The lowest BCUT2D eigenvalue weighted by molar-refractivity contribution is 0.0978. The van der Waals surface area contributed by atoms with Crippen molar-refractivity contribution in [3.8, 4) is 5.75 Å². The van der Waals surface area contributed by atoms with Gasteiger partial charge in [0.15, 0.2) is 0 Å². The Bertz CT molecular complexity index is 1380. The van der Waals surface area contributed by atoms with E-state index in [4.69, 9.17) is 4.74 Å². The summed E-state index contributed by atoms with van der Waals surface area (Å²) in [5.41, 5.74) is 2.87. The first-order chi connectivity index (χ1) is 14.9. The van der Waals surface area contributed by atoms with E-state index in [-0.39, 0.29) is 11.3 Å². The molecule has 8 heteroatoms. The number of carbonyl (C=O) groups is 1. The number of rotatable bonds is 6. The van der Waals surface area contributed by atoms with Gasteiger partial charge in [0.1, 0.15) is 16.5 Å². The number of aromatic nitrogens is 1. The monoisotopic (exact) mass is 438 g/mol. The lowest BCUT2D eigenvalue weighted by atomic mass is 10.0. The fraction of sp³-hybridized carbons (Fsp3) is 0.0870. The average molecular weight is 438 g/mol. The first-order valence-electron chi connectivity index (χ1n) is 9.42. The van der Waals surface area contributed by atoms with Gasteiger partial charge in [-0.05, 0) is 47.9 Å². The number of hydrogen-bond acceptors (Lipinski definition) is 4. The Morgan fingerprint density at radius 3 is 2.58 bits per heavy atom. The zero-order chi connectivity index (χ0) is 22.0. The van der Waals surface area contributed by atoms with Crippen LogP contribution >= 0.6 is 0 Å². The summed E-state index contributed by atoms with van der Waals surface area (Å²) in [7, 11) is -3.00. The van der Waals surface area contributed by atoms with Crippen LogP contribution in [0.1, 0.15) is 21.5 Å². The van der Waals surface area contributed by atoms with Crippen molar-refractivity contribution < 1.29 is 22.3 Å². The molecule has 0 unspecified atom stereocenters. The summed E-state index contributed by atoms with van der Waals surface area (Å²) in [4.78, 5) is 15.4. The summed E-state index contributed by atoms with van der Waals surface area (Å²) in [5, 5.41) is 1.06. The number of fused-ring (bicyclic) bond motifs is 1. The highest BCUT2D eigenvalue weighted by molar-refractivity contribution is 7.90. The third-order valence-electron chi connectivity index (χ3n) is 4.93. The molecule has 0 fully saturated rings. The molecule has 0 saturated carbocycles. The van der Waals surface area contributed by atoms with Crippen LogP contribution in [0.5, 0.6) is 5.75 Å². The lowest BCUT2D eigenvalue weighted by Gasteiger charge is -2.12. The molecule has 3 aromatic carbocycles. The second-order valence-electron chi connectivity index (χ2n) is 6.94. The number of amides is 1. The van der Waals surface area contributed by atoms with Crippen LogP contribution in [0, 0.1) is 5.82 Å². The van der Waals surface area contributed by atoms with Gasteiger partial charge in [0.25, 0.3) is 15.9 Å². The standard InChI is InChI=1S/C23H19FN2O4S/c1-30-21-11-10-15(12-16-14-25-20-8-4-2-6-17(16)20)13-18(21)23(27)26-31(28,29)22-9-5-3-7-19(22)24/h2-11,13-14,25H,12H2,1H3,(H,26,27). The molecule has 0 aliphatic rings. The average Bonchev–Trinajstić information content (AvgIpc) is 3.16.